The predicted molar refractivity (Wildman–Crippen MR) is 86.7 cm³/mol. The molecule has 1 aromatic carbocycles. The van der Waals surface area contributed by atoms with Crippen LogP contribution in [-0.4, -0.2) is 12.6 Å². The van der Waals surface area contributed by atoms with Gasteiger partial charge in [0.1, 0.15) is 0 Å². The smallest absolute Gasteiger partial charge is 0.319 e. The summed E-state index contributed by atoms with van der Waals surface area (Å²) in [4.78, 5) is 11.6. The molecule has 0 aliphatic heterocycles. The summed E-state index contributed by atoms with van der Waals surface area (Å²) in [7, 11) is 0. The summed E-state index contributed by atoms with van der Waals surface area (Å²) in [5, 5.41) is 5.61. The van der Waals surface area contributed by atoms with Crippen LogP contribution in [0.15, 0.2) is 55.7 Å². The van der Waals surface area contributed by atoms with Gasteiger partial charge in [0.25, 0.3) is 0 Å². The molecule has 1 aromatic rings. The molecule has 1 rings (SSSR count). The topological polar surface area (TPSA) is 41.1 Å². The molecule has 0 aliphatic carbocycles. The van der Waals surface area contributed by atoms with E-state index >= 15 is 0 Å². The SMILES string of the molecule is C=C/C=C(\C=C)c1ccc(NC(=O)NCCCC)cc1. The molecule has 0 bridgehead atoms. The lowest BCUT2D eigenvalue weighted by molar-refractivity contribution is 0.252. The van der Waals surface area contributed by atoms with Crippen molar-refractivity contribution in [3.05, 3.63) is 61.2 Å². The molecule has 0 saturated heterocycles. The van der Waals surface area contributed by atoms with Gasteiger partial charge in [0.15, 0.2) is 0 Å². The Morgan fingerprint density at radius 1 is 1.25 bits per heavy atom. The number of allylic oxidation sites excluding steroid dienone is 4. The van der Waals surface area contributed by atoms with Crippen molar-refractivity contribution in [1.82, 2.24) is 5.32 Å². The van der Waals surface area contributed by atoms with Gasteiger partial charge in [-0.05, 0) is 29.7 Å². The van der Waals surface area contributed by atoms with Crippen molar-refractivity contribution in [2.75, 3.05) is 11.9 Å². The maximum absolute atomic E-state index is 11.6. The molecule has 2 N–H and O–H groups in total. The van der Waals surface area contributed by atoms with Crippen LogP contribution in [0.2, 0.25) is 0 Å². The van der Waals surface area contributed by atoms with Crippen molar-refractivity contribution in [3.8, 4) is 0 Å². The van der Waals surface area contributed by atoms with Gasteiger partial charge >= 0.3 is 6.03 Å². The number of carbonyl (C=O) groups excluding carboxylic acids is 1. The third kappa shape index (κ3) is 5.14. The largest absolute Gasteiger partial charge is 0.338 e. The predicted octanol–water partition coefficient (Wildman–Crippen LogP) is 4.36. The Bertz CT molecular complexity index is 486. The monoisotopic (exact) mass is 270 g/mol. The van der Waals surface area contributed by atoms with Gasteiger partial charge in [-0.1, -0.05) is 56.9 Å². The third-order valence-corrected chi connectivity index (χ3v) is 2.81. The van der Waals surface area contributed by atoms with E-state index in [-0.39, 0.29) is 6.03 Å². The molecule has 0 saturated carbocycles. The number of rotatable bonds is 7. The van der Waals surface area contributed by atoms with Crippen molar-refractivity contribution in [1.29, 1.82) is 0 Å². The van der Waals surface area contributed by atoms with Gasteiger partial charge in [-0.2, -0.15) is 0 Å². The van der Waals surface area contributed by atoms with E-state index in [1.54, 1.807) is 12.2 Å². The first-order valence-electron chi connectivity index (χ1n) is 6.81. The Hall–Kier alpha value is -2.29. The number of amides is 2. The number of nitrogens with one attached hydrogen (secondary N) is 2. The van der Waals surface area contributed by atoms with Gasteiger partial charge in [-0.25, -0.2) is 4.79 Å². The fourth-order valence-corrected chi connectivity index (χ4v) is 1.71. The van der Waals surface area contributed by atoms with Gasteiger partial charge in [-0.15, -0.1) is 0 Å². The second-order valence-electron chi connectivity index (χ2n) is 4.37. The molecule has 20 heavy (non-hydrogen) atoms. The van der Waals surface area contributed by atoms with Crippen LogP contribution in [0.25, 0.3) is 5.57 Å². The van der Waals surface area contributed by atoms with E-state index < -0.39 is 0 Å². The summed E-state index contributed by atoms with van der Waals surface area (Å²) >= 11 is 0. The van der Waals surface area contributed by atoms with Crippen LogP contribution in [0.4, 0.5) is 10.5 Å². The van der Waals surface area contributed by atoms with Crippen LogP contribution < -0.4 is 10.6 Å². The first kappa shape index (κ1) is 15.8. The zero-order valence-corrected chi connectivity index (χ0v) is 12.0. The van der Waals surface area contributed by atoms with E-state index in [0.717, 1.165) is 29.7 Å². The number of benzene rings is 1. The van der Waals surface area contributed by atoms with E-state index in [1.807, 2.05) is 30.3 Å². The van der Waals surface area contributed by atoms with Gasteiger partial charge < -0.3 is 10.6 Å². The highest BCUT2D eigenvalue weighted by Gasteiger charge is 2.01. The molecular weight excluding hydrogens is 248 g/mol. The lowest BCUT2D eigenvalue weighted by atomic mass is 10.1. The van der Waals surface area contributed by atoms with Gasteiger partial charge in [0.05, 0.1) is 0 Å². The summed E-state index contributed by atoms with van der Waals surface area (Å²) in [5.41, 5.74) is 2.81. The van der Waals surface area contributed by atoms with Crippen LogP contribution in [0.3, 0.4) is 0 Å². The van der Waals surface area contributed by atoms with Crippen molar-refractivity contribution >= 4 is 17.3 Å². The highest BCUT2D eigenvalue weighted by atomic mass is 16.2. The molecule has 106 valence electrons. The molecule has 0 spiro atoms. The fraction of sp³-hybridized carbons (Fsp3) is 0.235. The molecule has 0 aromatic heterocycles. The molecular formula is C17H22N2O. The quantitative estimate of drug-likeness (QED) is 0.561. The number of carbonyl (C=O) groups is 1. The number of hydrogen-bond donors (Lipinski definition) is 2. The molecule has 0 unspecified atom stereocenters. The fourth-order valence-electron chi connectivity index (χ4n) is 1.71. The minimum atomic E-state index is -0.170. The Morgan fingerprint density at radius 3 is 2.50 bits per heavy atom. The average molecular weight is 270 g/mol. The Labute approximate surface area is 121 Å². The van der Waals surface area contributed by atoms with E-state index in [1.165, 1.54) is 0 Å². The van der Waals surface area contributed by atoms with Crippen LogP contribution in [-0.2, 0) is 0 Å². The number of urea groups is 1. The third-order valence-electron chi connectivity index (χ3n) is 2.81. The summed E-state index contributed by atoms with van der Waals surface area (Å²) in [6, 6.07) is 7.46. The number of unbranched alkanes of at least 4 members (excludes halogenated alkanes) is 1. The molecule has 2 amide bonds. The minimum Gasteiger partial charge on any atom is -0.338 e. The Morgan fingerprint density at radius 2 is 1.95 bits per heavy atom. The molecule has 0 heterocycles. The van der Waals surface area contributed by atoms with E-state index in [0.29, 0.717) is 6.54 Å². The zero-order chi connectivity index (χ0) is 14.8. The average Bonchev–Trinajstić information content (AvgIpc) is 2.46. The normalized spacial score (nSPS) is 10.8. The first-order valence-corrected chi connectivity index (χ1v) is 6.81. The zero-order valence-electron chi connectivity index (χ0n) is 12.0. The van der Waals surface area contributed by atoms with Gasteiger partial charge in [0.2, 0.25) is 0 Å². The van der Waals surface area contributed by atoms with E-state index in [4.69, 9.17) is 0 Å². The van der Waals surface area contributed by atoms with Crippen molar-refractivity contribution in [2.45, 2.75) is 19.8 Å². The molecule has 0 aliphatic rings. The highest BCUT2D eigenvalue weighted by Crippen LogP contribution is 2.18. The van der Waals surface area contributed by atoms with Gasteiger partial charge in [-0.3, -0.25) is 0 Å². The summed E-state index contributed by atoms with van der Waals surface area (Å²) in [6.45, 7) is 10.2. The number of anilines is 1. The number of hydrogen-bond acceptors (Lipinski definition) is 1. The standard InChI is InChI=1S/C17H22N2O/c1-4-7-13-18-17(20)19-16-11-9-15(10-12-16)14(6-3)8-5-2/h5-6,8-12H,2-4,7,13H2,1H3,(H2,18,19,20)/b14-8+. The van der Waals surface area contributed by atoms with Crippen molar-refractivity contribution in [3.63, 3.8) is 0 Å². The van der Waals surface area contributed by atoms with E-state index in [2.05, 4.69) is 30.7 Å². The lowest BCUT2D eigenvalue weighted by Crippen LogP contribution is -2.29. The Balaban J connectivity index is 2.62. The maximum atomic E-state index is 11.6. The summed E-state index contributed by atoms with van der Waals surface area (Å²) in [6.07, 6.45) is 7.45. The summed E-state index contributed by atoms with van der Waals surface area (Å²) < 4.78 is 0. The molecule has 3 nitrogen and oxygen atoms in total. The van der Waals surface area contributed by atoms with Crippen LogP contribution >= 0.6 is 0 Å². The lowest BCUT2D eigenvalue weighted by Gasteiger charge is -2.08. The molecule has 0 fully saturated rings. The second kappa shape index (κ2) is 8.75. The molecule has 3 heteroatoms. The van der Waals surface area contributed by atoms with Gasteiger partial charge in [0, 0.05) is 12.2 Å². The first-order chi connectivity index (χ1) is 9.71. The van der Waals surface area contributed by atoms with Crippen LogP contribution in [0, 0.1) is 0 Å². The van der Waals surface area contributed by atoms with E-state index in [9.17, 15) is 4.79 Å². The molecule has 0 atom stereocenters. The minimum absolute atomic E-state index is 0.170. The Kier molecular flexibility index (Phi) is 6.90. The highest BCUT2D eigenvalue weighted by molar-refractivity contribution is 5.89. The summed E-state index contributed by atoms with van der Waals surface area (Å²) in [5.74, 6) is 0. The van der Waals surface area contributed by atoms with Crippen LogP contribution in [0.1, 0.15) is 25.3 Å². The second-order valence-corrected chi connectivity index (χ2v) is 4.37. The molecule has 0 radical (unpaired) electrons. The maximum Gasteiger partial charge on any atom is 0.319 e. The van der Waals surface area contributed by atoms with Crippen LogP contribution in [0.5, 0.6) is 0 Å². The van der Waals surface area contributed by atoms with Crippen molar-refractivity contribution in [2.24, 2.45) is 0 Å². The van der Waals surface area contributed by atoms with Crippen molar-refractivity contribution < 1.29 is 4.79 Å².